The quantitative estimate of drug-likeness (QED) is 0.877. The third-order valence-electron chi connectivity index (χ3n) is 2.63. The average Bonchev–Trinajstić information content (AvgIpc) is 2.78. The van der Waals surface area contributed by atoms with Gasteiger partial charge in [-0.2, -0.15) is 5.10 Å². The summed E-state index contributed by atoms with van der Waals surface area (Å²) in [6.07, 6.45) is 3.54. The summed E-state index contributed by atoms with van der Waals surface area (Å²) in [5, 5.41) is 13.3. The van der Waals surface area contributed by atoms with E-state index >= 15 is 0 Å². The van der Waals surface area contributed by atoms with Gasteiger partial charge in [-0.05, 0) is 37.1 Å². The van der Waals surface area contributed by atoms with E-state index in [0.29, 0.717) is 6.61 Å². The van der Waals surface area contributed by atoms with Crippen molar-refractivity contribution in [2.75, 3.05) is 6.61 Å². The number of hydrogen-bond acceptors (Lipinski definition) is 3. The summed E-state index contributed by atoms with van der Waals surface area (Å²) >= 11 is 0. The molecule has 1 aromatic carbocycles. The van der Waals surface area contributed by atoms with Crippen LogP contribution in [0.25, 0.3) is 5.69 Å². The van der Waals surface area contributed by atoms with Crippen LogP contribution in [-0.4, -0.2) is 21.5 Å². The first-order chi connectivity index (χ1) is 8.24. The average molecular weight is 232 g/mol. The number of hydrogen-bond donors (Lipinski definition) is 1. The number of benzene rings is 1. The summed E-state index contributed by atoms with van der Waals surface area (Å²) in [5.74, 6) is 0.761. The highest BCUT2D eigenvalue weighted by Crippen LogP contribution is 2.17. The standard InChI is InChI=1S/C13H16N2O2/c1-3-17-13-7-14-15(8-13)12-5-4-11(9-16)10(2)6-12/h4-8,16H,3,9H2,1-2H3. The Balaban J connectivity index is 2.29. The van der Waals surface area contributed by atoms with Crippen molar-refractivity contribution in [2.24, 2.45) is 0 Å². The zero-order chi connectivity index (χ0) is 12.3. The van der Waals surface area contributed by atoms with Gasteiger partial charge in [0.15, 0.2) is 5.75 Å². The predicted octanol–water partition coefficient (Wildman–Crippen LogP) is 2.07. The molecule has 2 rings (SSSR count). The smallest absolute Gasteiger partial charge is 0.157 e. The van der Waals surface area contributed by atoms with E-state index in [4.69, 9.17) is 9.84 Å². The number of rotatable bonds is 4. The van der Waals surface area contributed by atoms with Gasteiger partial charge in [-0.3, -0.25) is 0 Å². The Morgan fingerprint density at radius 2 is 2.24 bits per heavy atom. The van der Waals surface area contributed by atoms with E-state index in [2.05, 4.69) is 5.10 Å². The minimum Gasteiger partial charge on any atom is -0.491 e. The van der Waals surface area contributed by atoms with E-state index in [0.717, 1.165) is 22.6 Å². The van der Waals surface area contributed by atoms with E-state index < -0.39 is 0 Å². The Morgan fingerprint density at radius 3 is 2.88 bits per heavy atom. The molecular formula is C13H16N2O2. The molecule has 0 saturated heterocycles. The molecule has 1 aromatic heterocycles. The summed E-state index contributed by atoms with van der Waals surface area (Å²) in [7, 11) is 0. The second-order valence-corrected chi connectivity index (χ2v) is 3.82. The molecule has 0 amide bonds. The van der Waals surface area contributed by atoms with Crippen LogP contribution in [0.15, 0.2) is 30.6 Å². The van der Waals surface area contributed by atoms with Crippen molar-refractivity contribution in [1.82, 2.24) is 9.78 Å². The summed E-state index contributed by atoms with van der Waals surface area (Å²) in [4.78, 5) is 0. The van der Waals surface area contributed by atoms with Crippen LogP contribution >= 0.6 is 0 Å². The molecule has 0 bridgehead atoms. The third kappa shape index (κ3) is 2.47. The van der Waals surface area contributed by atoms with Gasteiger partial charge in [-0.25, -0.2) is 4.68 Å². The monoisotopic (exact) mass is 232 g/mol. The molecule has 1 heterocycles. The van der Waals surface area contributed by atoms with Crippen LogP contribution in [0.2, 0.25) is 0 Å². The van der Waals surface area contributed by atoms with Gasteiger partial charge in [0.05, 0.1) is 31.3 Å². The second-order valence-electron chi connectivity index (χ2n) is 3.82. The first-order valence-corrected chi connectivity index (χ1v) is 5.63. The molecule has 0 saturated carbocycles. The lowest BCUT2D eigenvalue weighted by atomic mass is 10.1. The molecule has 0 fully saturated rings. The van der Waals surface area contributed by atoms with Crippen LogP contribution in [0, 0.1) is 6.92 Å². The highest BCUT2D eigenvalue weighted by Gasteiger charge is 2.03. The first-order valence-electron chi connectivity index (χ1n) is 5.63. The van der Waals surface area contributed by atoms with Crippen LogP contribution < -0.4 is 4.74 Å². The molecule has 17 heavy (non-hydrogen) atoms. The van der Waals surface area contributed by atoms with Crippen LogP contribution in [-0.2, 0) is 6.61 Å². The summed E-state index contributed by atoms with van der Waals surface area (Å²) in [6.45, 7) is 4.61. The lowest BCUT2D eigenvalue weighted by Gasteiger charge is -2.06. The minimum absolute atomic E-state index is 0.0649. The van der Waals surface area contributed by atoms with Crippen molar-refractivity contribution < 1.29 is 9.84 Å². The Bertz CT molecular complexity index is 506. The summed E-state index contributed by atoms with van der Waals surface area (Å²) in [6, 6.07) is 5.84. The predicted molar refractivity (Wildman–Crippen MR) is 65.4 cm³/mol. The molecule has 4 heteroatoms. The van der Waals surface area contributed by atoms with E-state index in [9.17, 15) is 0 Å². The fraction of sp³-hybridized carbons (Fsp3) is 0.308. The van der Waals surface area contributed by atoms with Crippen molar-refractivity contribution in [3.63, 3.8) is 0 Å². The van der Waals surface area contributed by atoms with E-state index in [1.54, 1.807) is 10.9 Å². The minimum atomic E-state index is 0.0649. The third-order valence-corrected chi connectivity index (χ3v) is 2.63. The van der Waals surface area contributed by atoms with Crippen LogP contribution in [0.5, 0.6) is 5.75 Å². The van der Waals surface area contributed by atoms with E-state index in [-0.39, 0.29) is 6.61 Å². The SMILES string of the molecule is CCOc1cnn(-c2ccc(CO)c(C)c2)c1. The highest BCUT2D eigenvalue weighted by molar-refractivity contribution is 5.40. The van der Waals surface area contributed by atoms with Crippen LogP contribution in [0.4, 0.5) is 0 Å². The van der Waals surface area contributed by atoms with Crippen molar-refractivity contribution in [2.45, 2.75) is 20.5 Å². The number of ether oxygens (including phenoxy) is 1. The Hall–Kier alpha value is -1.81. The molecule has 0 radical (unpaired) electrons. The summed E-state index contributed by atoms with van der Waals surface area (Å²) in [5.41, 5.74) is 2.95. The van der Waals surface area contributed by atoms with Gasteiger partial charge in [0, 0.05) is 0 Å². The Morgan fingerprint density at radius 1 is 1.41 bits per heavy atom. The van der Waals surface area contributed by atoms with Gasteiger partial charge in [-0.15, -0.1) is 0 Å². The normalized spacial score (nSPS) is 10.5. The maximum Gasteiger partial charge on any atom is 0.157 e. The first kappa shape index (κ1) is 11.7. The van der Waals surface area contributed by atoms with Gasteiger partial charge in [0.2, 0.25) is 0 Å². The van der Waals surface area contributed by atoms with E-state index in [1.165, 1.54) is 0 Å². The molecular weight excluding hydrogens is 216 g/mol. The molecule has 90 valence electrons. The second kappa shape index (κ2) is 5.01. The van der Waals surface area contributed by atoms with Crippen LogP contribution in [0.1, 0.15) is 18.1 Å². The van der Waals surface area contributed by atoms with Crippen molar-refractivity contribution >= 4 is 0 Å². The van der Waals surface area contributed by atoms with Crippen molar-refractivity contribution in [3.05, 3.63) is 41.7 Å². The number of aromatic nitrogens is 2. The topological polar surface area (TPSA) is 47.3 Å². The lowest BCUT2D eigenvalue weighted by molar-refractivity contribution is 0.281. The molecule has 2 aromatic rings. The number of aryl methyl sites for hydroxylation is 1. The van der Waals surface area contributed by atoms with Gasteiger partial charge < -0.3 is 9.84 Å². The maximum absolute atomic E-state index is 9.11. The zero-order valence-electron chi connectivity index (χ0n) is 10.1. The fourth-order valence-corrected chi connectivity index (χ4v) is 1.69. The molecule has 1 N–H and O–H groups in total. The molecule has 0 atom stereocenters. The molecule has 0 aliphatic rings. The largest absolute Gasteiger partial charge is 0.491 e. The van der Waals surface area contributed by atoms with Crippen molar-refractivity contribution in [1.29, 1.82) is 0 Å². The van der Waals surface area contributed by atoms with Gasteiger partial charge in [0.25, 0.3) is 0 Å². The molecule has 0 aliphatic carbocycles. The summed E-state index contributed by atoms with van der Waals surface area (Å²) < 4.78 is 7.12. The molecule has 0 unspecified atom stereocenters. The van der Waals surface area contributed by atoms with Gasteiger partial charge in [-0.1, -0.05) is 6.07 Å². The Kier molecular flexibility index (Phi) is 3.44. The Labute approximate surface area is 100 Å². The molecule has 0 spiro atoms. The molecule has 0 aliphatic heterocycles. The van der Waals surface area contributed by atoms with Gasteiger partial charge in [0.1, 0.15) is 0 Å². The van der Waals surface area contributed by atoms with Crippen molar-refractivity contribution in [3.8, 4) is 11.4 Å². The molecule has 4 nitrogen and oxygen atoms in total. The maximum atomic E-state index is 9.11. The zero-order valence-corrected chi connectivity index (χ0v) is 10.1. The van der Waals surface area contributed by atoms with E-state index in [1.807, 2.05) is 38.2 Å². The number of aliphatic hydroxyl groups is 1. The number of aliphatic hydroxyl groups excluding tert-OH is 1. The lowest BCUT2D eigenvalue weighted by Crippen LogP contribution is -1.97. The number of nitrogens with zero attached hydrogens (tertiary/aromatic N) is 2. The van der Waals surface area contributed by atoms with Crippen LogP contribution in [0.3, 0.4) is 0 Å². The van der Waals surface area contributed by atoms with Gasteiger partial charge >= 0.3 is 0 Å². The highest BCUT2D eigenvalue weighted by atomic mass is 16.5. The fourth-order valence-electron chi connectivity index (χ4n) is 1.69.